The number of methoxy groups -OCH3 is 1. The van der Waals surface area contributed by atoms with Gasteiger partial charge in [-0.15, -0.1) is 0 Å². The Morgan fingerprint density at radius 3 is 2.56 bits per heavy atom. The summed E-state index contributed by atoms with van der Waals surface area (Å²) in [5.74, 6) is 0.560. The van der Waals surface area contributed by atoms with Crippen LogP contribution in [0.4, 0.5) is 4.39 Å². The molecule has 0 fully saturated rings. The Kier molecular flexibility index (Phi) is 3.63. The Hall–Kier alpha value is -1.87. The molecule has 2 rings (SSSR count). The lowest BCUT2D eigenvalue weighted by atomic mass is 9.98. The third kappa shape index (κ3) is 2.36. The Balaban J connectivity index is 2.51. The van der Waals surface area contributed by atoms with E-state index in [-0.39, 0.29) is 5.82 Å². The van der Waals surface area contributed by atoms with E-state index in [0.29, 0.717) is 6.54 Å². The van der Waals surface area contributed by atoms with E-state index in [1.807, 2.05) is 25.1 Å². The molecular weight excluding hydrogens is 229 g/mol. The van der Waals surface area contributed by atoms with E-state index in [1.54, 1.807) is 13.2 Å². The molecule has 0 heterocycles. The SMILES string of the molecule is COc1ccc(-c2ccc(F)cc2C)cc1CN. The predicted molar refractivity (Wildman–Crippen MR) is 71.0 cm³/mol. The fourth-order valence-corrected chi connectivity index (χ4v) is 2.06. The second kappa shape index (κ2) is 5.19. The number of rotatable bonds is 3. The molecule has 0 aliphatic carbocycles. The van der Waals surface area contributed by atoms with Crippen molar-refractivity contribution >= 4 is 0 Å². The molecule has 0 amide bonds. The van der Waals surface area contributed by atoms with Crippen molar-refractivity contribution in [3.8, 4) is 16.9 Å². The minimum absolute atomic E-state index is 0.219. The smallest absolute Gasteiger partial charge is 0.123 e. The van der Waals surface area contributed by atoms with E-state index in [2.05, 4.69) is 0 Å². The largest absolute Gasteiger partial charge is 0.496 e. The van der Waals surface area contributed by atoms with Gasteiger partial charge in [-0.2, -0.15) is 0 Å². The molecule has 0 aliphatic rings. The summed E-state index contributed by atoms with van der Waals surface area (Å²) < 4.78 is 18.3. The maximum absolute atomic E-state index is 13.1. The first kappa shape index (κ1) is 12.6. The molecule has 0 aliphatic heterocycles. The Morgan fingerprint density at radius 1 is 1.17 bits per heavy atom. The summed E-state index contributed by atoms with van der Waals surface area (Å²) >= 11 is 0. The van der Waals surface area contributed by atoms with Gasteiger partial charge in [0.15, 0.2) is 0 Å². The van der Waals surface area contributed by atoms with Gasteiger partial charge in [-0.05, 0) is 47.9 Å². The molecule has 94 valence electrons. The number of halogens is 1. The highest BCUT2D eigenvalue weighted by atomic mass is 19.1. The summed E-state index contributed by atoms with van der Waals surface area (Å²) in [4.78, 5) is 0. The summed E-state index contributed by atoms with van der Waals surface area (Å²) in [7, 11) is 1.62. The molecule has 0 radical (unpaired) electrons. The van der Waals surface area contributed by atoms with Crippen LogP contribution in [0.15, 0.2) is 36.4 Å². The van der Waals surface area contributed by atoms with E-state index in [1.165, 1.54) is 12.1 Å². The van der Waals surface area contributed by atoms with Crippen LogP contribution in [0.3, 0.4) is 0 Å². The quantitative estimate of drug-likeness (QED) is 0.900. The molecular formula is C15H16FNO. The number of hydrogen-bond acceptors (Lipinski definition) is 2. The summed E-state index contributed by atoms with van der Waals surface area (Å²) in [5, 5.41) is 0. The summed E-state index contributed by atoms with van der Waals surface area (Å²) in [6.45, 7) is 2.31. The highest BCUT2D eigenvalue weighted by molar-refractivity contribution is 5.69. The maximum Gasteiger partial charge on any atom is 0.123 e. The van der Waals surface area contributed by atoms with Crippen LogP contribution in [-0.4, -0.2) is 7.11 Å². The van der Waals surface area contributed by atoms with Crippen LogP contribution in [0, 0.1) is 12.7 Å². The van der Waals surface area contributed by atoms with Gasteiger partial charge in [0.2, 0.25) is 0 Å². The van der Waals surface area contributed by atoms with Crippen molar-refractivity contribution in [2.24, 2.45) is 5.73 Å². The first-order valence-electron chi connectivity index (χ1n) is 5.79. The van der Waals surface area contributed by atoms with Gasteiger partial charge in [-0.1, -0.05) is 12.1 Å². The molecule has 2 aromatic rings. The van der Waals surface area contributed by atoms with Gasteiger partial charge < -0.3 is 10.5 Å². The molecule has 3 heteroatoms. The van der Waals surface area contributed by atoms with Gasteiger partial charge in [0.05, 0.1) is 7.11 Å². The van der Waals surface area contributed by atoms with Crippen LogP contribution in [0.2, 0.25) is 0 Å². The van der Waals surface area contributed by atoms with Gasteiger partial charge in [0, 0.05) is 12.1 Å². The van der Waals surface area contributed by atoms with Crippen LogP contribution in [0.25, 0.3) is 11.1 Å². The average Bonchev–Trinajstić information content (AvgIpc) is 2.38. The Bertz CT molecular complexity index is 566. The summed E-state index contributed by atoms with van der Waals surface area (Å²) in [6.07, 6.45) is 0. The Morgan fingerprint density at radius 2 is 1.94 bits per heavy atom. The summed E-state index contributed by atoms with van der Waals surface area (Å²) in [5.41, 5.74) is 9.57. The van der Waals surface area contributed by atoms with E-state index >= 15 is 0 Å². The van der Waals surface area contributed by atoms with Gasteiger partial charge in [-0.3, -0.25) is 0 Å². The van der Waals surface area contributed by atoms with Crippen molar-refractivity contribution in [2.45, 2.75) is 13.5 Å². The molecule has 2 nitrogen and oxygen atoms in total. The Labute approximate surface area is 106 Å². The molecule has 0 atom stereocenters. The fourth-order valence-electron chi connectivity index (χ4n) is 2.06. The zero-order valence-electron chi connectivity index (χ0n) is 10.5. The van der Waals surface area contributed by atoms with Gasteiger partial charge >= 0.3 is 0 Å². The molecule has 2 N–H and O–H groups in total. The lowest BCUT2D eigenvalue weighted by molar-refractivity contribution is 0.410. The minimum Gasteiger partial charge on any atom is -0.496 e. The number of nitrogens with two attached hydrogens (primary N) is 1. The first-order chi connectivity index (χ1) is 8.65. The zero-order valence-corrected chi connectivity index (χ0v) is 10.5. The number of hydrogen-bond donors (Lipinski definition) is 1. The lowest BCUT2D eigenvalue weighted by Crippen LogP contribution is -2.00. The molecule has 18 heavy (non-hydrogen) atoms. The monoisotopic (exact) mass is 245 g/mol. The first-order valence-corrected chi connectivity index (χ1v) is 5.79. The molecule has 2 aromatic carbocycles. The normalized spacial score (nSPS) is 10.4. The highest BCUT2D eigenvalue weighted by Gasteiger charge is 2.07. The third-order valence-electron chi connectivity index (χ3n) is 3.00. The average molecular weight is 245 g/mol. The zero-order chi connectivity index (χ0) is 13.1. The van der Waals surface area contributed by atoms with Crippen LogP contribution < -0.4 is 10.5 Å². The van der Waals surface area contributed by atoms with Crippen molar-refractivity contribution in [3.05, 3.63) is 53.3 Å². The van der Waals surface area contributed by atoms with Crippen LogP contribution in [0.5, 0.6) is 5.75 Å². The van der Waals surface area contributed by atoms with E-state index < -0.39 is 0 Å². The number of benzene rings is 2. The van der Waals surface area contributed by atoms with Crippen molar-refractivity contribution in [1.82, 2.24) is 0 Å². The van der Waals surface area contributed by atoms with E-state index in [9.17, 15) is 4.39 Å². The van der Waals surface area contributed by atoms with E-state index in [0.717, 1.165) is 28.0 Å². The van der Waals surface area contributed by atoms with Gasteiger partial charge in [-0.25, -0.2) is 4.39 Å². The second-order valence-electron chi connectivity index (χ2n) is 4.19. The molecule has 0 saturated heterocycles. The molecule has 0 aromatic heterocycles. The lowest BCUT2D eigenvalue weighted by Gasteiger charge is -2.11. The van der Waals surface area contributed by atoms with Gasteiger partial charge in [0.25, 0.3) is 0 Å². The molecule has 0 bridgehead atoms. The standard InChI is InChI=1S/C15H16FNO/c1-10-7-13(16)4-5-14(10)11-3-6-15(18-2)12(8-11)9-17/h3-8H,9,17H2,1-2H3. The summed E-state index contributed by atoms with van der Waals surface area (Å²) in [6, 6.07) is 10.6. The predicted octanol–water partition coefficient (Wildman–Crippen LogP) is 3.27. The van der Waals surface area contributed by atoms with E-state index in [4.69, 9.17) is 10.5 Å². The van der Waals surface area contributed by atoms with Crippen molar-refractivity contribution < 1.29 is 9.13 Å². The van der Waals surface area contributed by atoms with Crippen molar-refractivity contribution in [2.75, 3.05) is 7.11 Å². The maximum atomic E-state index is 13.1. The second-order valence-corrected chi connectivity index (χ2v) is 4.19. The van der Waals surface area contributed by atoms with Crippen molar-refractivity contribution in [1.29, 1.82) is 0 Å². The van der Waals surface area contributed by atoms with Crippen LogP contribution in [0.1, 0.15) is 11.1 Å². The van der Waals surface area contributed by atoms with Crippen molar-refractivity contribution in [3.63, 3.8) is 0 Å². The van der Waals surface area contributed by atoms with Crippen LogP contribution in [-0.2, 0) is 6.54 Å². The molecule has 0 unspecified atom stereocenters. The topological polar surface area (TPSA) is 35.2 Å². The third-order valence-corrected chi connectivity index (χ3v) is 3.00. The molecule has 0 spiro atoms. The minimum atomic E-state index is -0.219. The number of ether oxygens (including phenoxy) is 1. The molecule has 0 saturated carbocycles. The van der Waals surface area contributed by atoms with Crippen LogP contribution >= 0.6 is 0 Å². The van der Waals surface area contributed by atoms with Gasteiger partial charge in [0.1, 0.15) is 11.6 Å². The fraction of sp³-hybridized carbons (Fsp3) is 0.200. The highest BCUT2D eigenvalue weighted by Crippen LogP contribution is 2.28. The number of aryl methyl sites for hydroxylation is 1.